The van der Waals surface area contributed by atoms with Gasteiger partial charge in [0.15, 0.2) is 0 Å². The third kappa shape index (κ3) is 2.16. The van der Waals surface area contributed by atoms with Gasteiger partial charge in [0, 0.05) is 32.0 Å². The van der Waals surface area contributed by atoms with Gasteiger partial charge in [-0.15, -0.1) is 0 Å². The number of nitrogens with one attached hydrogen (secondary N) is 1. The second-order valence-electron chi connectivity index (χ2n) is 5.88. The highest BCUT2D eigenvalue weighted by Gasteiger charge is 2.46. The van der Waals surface area contributed by atoms with Crippen molar-refractivity contribution in [3.63, 3.8) is 0 Å². The molecule has 1 heterocycles. The zero-order chi connectivity index (χ0) is 13.5. The van der Waals surface area contributed by atoms with Crippen LogP contribution in [0.4, 0.5) is 0 Å². The van der Waals surface area contributed by atoms with Gasteiger partial charge in [0.1, 0.15) is 5.54 Å². The molecule has 2 N–H and O–H groups in total. The molecule has 1 amide bonds. The maximum Gasteiger partial charge on any atom is 0.329 e. The lowest BCUT2D eigenvalue weighted by atomic mass is 9.87. The summed E-state index contributed by atoms with van der Waals surface area (Å²) in [7, 11) is 0. The zero-order valence-electron chi connectivity index (χ0n) is 10.8. The van der Waals surface area contributed by atoms with Crippen LogP contribution in [0, 0.1) is 17.8 Å². The van der Waals surface area contributed by atoms with Crippen LogP contribution in [0.25, 0.3) is 0 Å². The second-order valence-corrected chi connectivity index (χ2v) is 5.88. The maximum absolute atomic E-state index is 12.4. The van der Waals surface area contributed by atoms with Gasteiger partial charge in [-0.05, 0) is 24.7 Å². The average molecular weight is 265 g/mol. The van der Waals surface area contributed by atoms with E-state index in [4.69, 9.17) is 4.74 Å². The Morgan fingerprint density at radius 3 is 2.47 bits per heavy atom. The summed E-state index contributed by atoms with van der Waals surface area (Å²) in [6.45, 7) is 0.784. The van der Waals surface area contributed by atoms with Crippen LogP contribution in [0.2, 0.25) is 0 Å². The van der Waals surface area contributed by atoms with E-state index in [1.165, 1.54) is 0 Å². The summed E-state index contributed by atoms with van der Waals surface area (Å²) in [4.78, 5) is 23.9. The summed E-state index contributed by atoms with van der Waals surface area (Å²) in [5, 5.41) is 12.2. The zero-order valence-corrected chi connectivity index (χ0v) is 10.8. The molecule has 19 heavy (non-hydrogen) atoms. The van der Waals surface area contributed by atoms with Crippen molar-refractivity contribution in [1.29, 1.82) is 0 Å². The third-order valence-electron chi connectivity index (χ3n) is 4.73. The van der Waals surface area contributed by atoms with Crippen LogP contribution in [0.15, 0.2) is 12.2 Å². The SMILES string of the molecule is O=C(NC1(C(=O)O)CCOCC1)C1CC2C=CC1C2. The monoisotopic (exact) mass is 265 g/mol. The number of fused-ring (bicyclic) bond motifs is 2. The molecule has 1 aliphatic heterocycles. The number of ether oxygens (including phenoxy) is 1. The van der Waals surface area contributed by atoms with E-state index in [9.17, 15) is 14.7 Å². The Balaban J connectivity index is 1.70. The van der Waals surface area contributed by atoms with Crippen molar-refractivity contribution in [2.24, 2.45) is 17.8 Å². The molecule has 1 saturated carbocycles. The molecule has 5 heteroatoms. The van der Waals surface area contributed by atoms with Gasteiger partial charge in [-0.1, -0.05) is 12.2 Å². The predicted molar refractivity (Wildman–Crippen MR) is 67.4 cm³/mol. The van der Waals surface area contributed by atoms with Gasteiger partial charge in [-0.3, -0.25) is 4.79 Å². The predicted octanol–water partition coefficient (Wildman–Crippen LogP) is 0.949. The molecular weight excluding hydrogens is 246 g/mol. The first kappa shape index (κ1) is 12.7. The Hall–Kier alpha value is -1.36. The Labute approximate surface area is 112 Å². The summed E-state index contributed by atoms with van der Waals surface area (Å²) in [5.41, 5.74) is -1.12. The van der Waals surface area contributed by atoms with Crippen LogP contribution < -0.4 is 5.32 Å². The van der Waals surface area contributed by atoms with Gasteiger partial charge in [0.05, 0.1) is 0 Å². The van der Waals surface area contributed by atoms with Gasteiger partial charge in [0.2, 0.25) is 5.91 Å². The average Bonchev–Trinajstić information content (AvgIpc) is 3.02. The lowest BCUT2D eigenvalue weighted by Crippen LogP contribution is -2.58. The molecule has 104 valence electrons. The van der Waals surface area contributed by atoms with Crippen LogP contribution in [0.5, 0.6) is 0 Å². The molecule has 0 aromatic carbocycles. The number of hydrogen-bond donors (Lipinski definition) is 2. The molecule has 3 rings (SSSR count). The van der Waals surface area contributed by atoms with Crippen LogP contribution in [0.1, 0.15) is 25.7 Å². The molecule has 3 unspecified atom stereocenters. The minimum atomic E-state index is -1.12. The lowest BCUT2D eigenvalue weighted by Gasteiger charge is -2.35. The quantitative estimate of drug-likeness (QED) is 0.745. The number of carboxylic acid groups (broad SMARTS) is 1. The Morgan fingerprint density at radius 1 is 1.21 bits per heavy atom. The highest BCUT2D eigenvalue weighted by Crippen LogP contribution is 2.43. The van der Waals surface area contributed by atoms with Crippen LogP contribution in [0.3, 0.4) is 0 Å². The van der Waals surface area contributed by atoms with Crippen molar-refractivity contribution in [1.82, 2.24) is 5.32 Å². The maximum atomic E-state index is 12.4. The fraction of sp³-hybridized carbons (Fsp3) is 0.714. The lowest BCUT2D eigenvalue weighted by molar-refractivity contribution is -0.153. The van der Waals surface area contributed by atoms with Gasteiger partial charge < -0.3 is 15.2 Å². The Kier molecular flexibility index (Phi) is 3.09. The van der Waals surface area contributed by atoms with Crippen molar-refractivity contribution in [3.8, 4) is 0 Å². The summed E-state index contributed by atoms with van der Waals surface area (Å²) in [6.07, 6.45) is 6.89. The first-order valence-electron chi connectivity index (χ1n) is 6.92. The van der Waals surface area contributed by atoms with Gasteiger partial charge in [0.25, 0.3) is 0 Å². The van der Waals surface area contributed by atoms with E-state index < -0.39 is 11.5 Å². The smallest absolute Gasteiger partial charge is 0.329 e. The number of carbonyl (C=O) groups excluding carboxylic acids is 1. The molecule has 1 saturated heterocycles. The summed E-state index contributed by atoms with van der Waals surface area (Å²) < 4.78 is 5.21. The fourth-order valence-electron chi connectivity index (χ4n) is 3.52. The van der Waals surface area contributed by atoms with E-state index >= 15 is 0 Å². The molecule has 3 atom stereocenters. The van der Waals surface area contributed by atoms with Crippen LogP contribution in [-0.4, -0.2) is 35.7 Å². The number of aliphatic carboxylic acids is 1. The molecule has 5 nitrogen and oxygen atoms in total. The Bertz CT molecular complexity index is 425. The topological polar surface area (TPSA) is 75.6 Å². The molecule has 2 bridgehead atoms. The van der Waals surface area contributed by atoms with E-state index in [-0.39, 0.29) is 11.8 Å². The Morgan fingerprint density at radius 2 is 1.95 bits per heavy atom. The van der Waals surface area contributed by atoms with Crippen LogP contribution >= 0.6 is 0 Å². The molecule has 0 spiro atoms. The molecule has 2 fully saturated rings. The highest BCUT2D eigenvalue weighted by atomic mass is 16.5. The summed E-state index contributed by atoms with van der Waals surface area (Å²) in [6, 6.07) is 0. The molecular formula is C14H19NO4. The van der Waals surface area contributed by atoms with Crippen molar-refractivity contribution >= 4 is 11.9 Å². The number of carboxylic acids is 1. The largest absolute Gasteiger partial charge is 0.480 e. The normalized spacial score (nSPS) is 35.3. The highest BCUT2D eigenvalue weighted by molar-refractivity contribution is 5.88. The van der Waals surface area contributed by atoms with Gasteiger partial charge in [-0.2, -0.15) is 0 Å². The van der Waals surface area contributed by atoms with Crippen molar-refractivity contribution < 1.29 is 19.4 Å². The summed E-state index contributed by atoms with van der Waals surface area (Å²) >= 11 is 0. The third-order valence-corrected chi connectivity index (χ3v) is 4.73. The van der Waals surface area contributed by atoms with Crippen molar-refractivity contribution in [2.45, 2.75) is 31.2 Å². The second kappa shape index (κ2) is 4.63. The van der Waals surface area contributed by atoms with E-state index in [0.29, 0.717) is 37.9 Å². The van der Waals surface area contributed by atoms with E-state index in [2.05, 4.69) is 17.5 Å². The molecule has 0 radical (unpaired) electrons. The number of rotatable bonds is 3. The minimum Gasteiger partial charge on any atom is -0.480 e. The first-order valence-corrected chi connectivity index (χ1v) is 6.92. The molecule has 2 aliphatic carbocycles. The molecule has 0 aromatic rings. The molecule has 3 aliphatic rings. The number of allylic oxidation sites excluding steroid dienone is 2. The fourth-order valence-corrected chi connectivity index (χ4v) is 3.52. The van der Waals surface area contributed by atoms with Crippen molar-refractivity contribution in [3.05, 3.63) is 12.2 Å². The van der Waals surface area contributed by atoms with Crippen LogP contribution in [-0.2, 0) is 14.3 Å². The standard InChI is InChI=1S/C14H19NO4/c16-12(11-8-9-1-2-10(11)7-9)15-14(13(17)18)3-5-19-6-4-14/h1-2,9-11H,3-8H2,(H,15,16)(H,17,18). The van der Waals surface area contributed by atoms with E-state index in [1.54, 1.807) is 0 Å². The first-order chi connectivity index (χ1) is 9.11. The minimum absolute atomic E-state index is 0.0472. The number of carbonyl (C=O) groups is 2. The van der Waals surface area contributed by atoms with E-state index in [1.807, 2.05) is 0 Å². The molecule has 0 aromatic heterocycles. The van der Waals surface area contributed by atoms with Crippen molar-refractivity contribution in [2.75, 3.05) is 13.2 Å². The van der Waals surface area contributed by atoms with Gasteiger partial charge >= 0.3 is 5.97 Å². The number of amides is 1. The summed E-state index contributed by atoms with van der Waals surface area (Å²) in [5.74, 6) is -0.273. The van der Waals surface area contributed by atoms with E-state index in [0.717, 1.165) is 12.8 Å². The van der Waals surface area contributed by atoms with Gasteiger partial charge in [-0.25, -0.2) is 4.79 Å². The number of hydrogen-bond acceptors (Lipinski definition) is 3.